The van der Waals surface area contributed by atoms with Crippen LogP contribution in [0.2, 0.25) is 0 Å². The molecule has 0 aromatic heterocycles. The van der Waals surface area contributed by atoms with Crippen molar-refractivity contribution in [3.8, 4) is 0 Å². The average molecular weight is 222 g/mol. The number of nitrogens with one attached hydrogen (secondary N) is 2. The van der Waals surface area contributed by atoms with Gasteiger partial charge in [0.05, 0.1) is 5.41 Å². The molecule has 1 amide bonds. The summed E-state index contributed by atoms with van der Waals surface area (Å²) in [6.45, 7) is 5.08. The summed E-state index contributed by atoms with van der Waals surface area (Å²) in [6.07, 6.45) is 0. The Labute approximate surface area is 94.0 Å². The lowest BCUT2D eigenvalue weighted by Crippen LogP contribution is -2.58. The molecule has 1 aliphatic rings. The second kappa shape index (κ2) is 3.87. The SMILES string of the molecule is Cc1cc(F)ccc1NC(=O)C1(C)CNC1. The van der Waals surface area contributed by atoms with Crippen LogP contribution in [0, 0.1) is 18.2 Å². The van der Waals surface area contributed by atoms with E-state index in [0.717, 1.165) is 5.56 Å². The van der Waals surface area contributed by atoms with E-state index in [2.05, 4.69) is 10.6 Å². The third kappa shape index (κ3) is 1.93. The maximum Gasteiger partial charge on any atom is 0.232 e. The van der Waals surface area contributed by atoms with Crippen LogP contribution in [0.5, 0.6) is 0 Å². The Bertz CT molecular complexity index is 427. The highest BCUT2D eigenvalue weighted by Gasteiger charge is 2.39. The van der Waals surface area contributed by atoms with Crippen molar-refractivity contribution in [2.24, 2.45) is 5.41 Å². The monoisotopic (exact) mass is 222 g/mol. The summed E-state index contributed by atoms with van der Waals surface area (Å²) in [5, 5.41) is 5.91. The second-order valence-electron chi connectivity index (χ2n) is 4.58. The number of aryl methyl sites for hydroxylation is 1. The van der Waals surface area contributed by atoms with Gasteiger partial charge in [-0.2, -0.15) is 0 Å². The number of hydrogen-bond acceptors (Lipinski definition) is 2. The molecule has 1 aliphatic heterocycles. The summed E-state index contributed by atoms with van der Waals surface area (Å²) in [5.41, 5.74) is 1.09. The Kier molecular flexibility index (Phi) is 2.68. The maximum atomic E-state index is 12.9. The summed E-state index contributed by atoms with van der Waals surface area (Å²) in [6, 6.07) is 4.36. The number of benzene rings is 1. The van der Waals surface area contributed by atoms with E-state index in [1.54, 1.807) is 13.0 Å². The zero-order valence-electron chi connectivity index (χ0n) is 9.43. The van der Waals surface area contributed by atoms with Crippen molar-refractivity contribution in [3.05, 3.63) is 29.6 Å². The maximum absolute atomic E-state index is 12.9. The molecule has 0 saturated carbocycles. The summed E-state index contributed by atoms with van der Waals surface area (Å²) < 4.78 is 12.9. The summed E-state index contributed by atoms with van der Waals surface area (Å²) in [4.78, 5) is 11.9. The molecule has 0 atom stereocenters. The Balaban J connectivity index is 2.12. The first-order valence-corrected chi connectivity index (χ1v) is 5.30. The van der Waals surface area contributed by atoms with Crippen LogP contribution >= 0.6 is 0 Å². The number of carbonyl (C=O) groups excluding carboxylic acids is 1. The number of amides is 1. The highest BCUT2D eigenvalue weighted by atomic mass is 19.1. The summed E-state index contributed by atoms with van der Waals surface area (Å²) in [5.74, 6) is -0.298. The van der Waals surface area contributed by atoms with Crippen molar-refractivity contribution in [2.75, 3.05) is 18.4 Å². The van der Waals surface area contributed by atoms with Crippen molar-refractivity contribution in [2.45, 2.75) is 13.8 Å². The van der Waals surface area contributed by atoms with Crippen molar-refractivity contribution in [1.29, 1.82) is 0 Å². The first-order chi connectivity index (χ1) is 7.51. The van der Waals surface area contributed by atoms with Crippen LogP contribution in [-0.4, -0.2) is 19.0 Å². The largest absolute Gasteiger partial charge is 0.325 e. The third-order valence-electron chi connectivity index (χ3n) is 3.02. The van der Waals surface area contributed by atoms with Gasteiger partial charge in [0.25, 0.3) is 0 Å². The molecule has 1 aromatic carbocycles. The highest BCUT2D eigenvalue weighted by Crippen LogP contribution is 2.25. The standard InChI is InChI=1S/C12H15FN2O/c1-8-5-9(13)3-4-10(8)15-11(16)12(2)6-14-7-12/h3-5,14H,6-7H2,1-2H3,(H,15,16). The van der Waals surface area contributed by atoms with E-state index in [1.807, 2.05) is 6.92 Å². The summed E-state index contributed by atoms with van der Waals surface area (Å²) in [7, 11) is 0. The Morgan fingerprint density at radius 3 is 2.69 bits per heavy atom. The molecule has 1 saturated heterocycles. The molecule has 0 radical (unpaired) electrons. The van der Waals surface area contributed by atoms with E-state index in [-0.39, 0.29) is 17.1 Å². The predicted octanol–water partition coefficient (Wildman–Crippen LogP) is 1.68. The van der Waals surface area contributed by atoms with Crippen molar-refractivity contribution < 1.29 is 9.18 Å². The van der Waals surface area contributed by atoms with E-state index in [4.69, 9.17) is 0 Å². The molecular formula is C12H15FN2O. The van der Waals surface area contributed by atoms with E-state index < -0.39 is 0 Å². The first kappa shape index (κ1) is 11.1. The molecule has 2 N–H and O–H groups in total. The minimum Gasteiger partial charge on any atom is -0.325 e. The lowest BCUT2D eigenvalue weighted by molar-refractivity contribution is -0.127. The van der Waals surface area contributed by atoms with Gasteiger partial charge in [-0.1, -0.05) is 0 Å². The van der Waals surface area contributed by atoms with E-state index in [9.17, 15) is 9.18 Å². The Morgan fingerprint density at radius 2 is 2.19 bits per heavy atom. The molecular weight excluding hydrogens is 207 g/mol. The number of halogens is 1. The van der Waals surface area contributed by atoms with Crippen LogP contribution in [-0.2, 0) is 4.79 Å². The van der Waals surface area contributed by atoms with Crippen LogP contribution in [0.15, 0.2) is 18.2 Å². The quantitative estimate of drug-likeness (QED) is 0.799. The van der Waals surface area contributed by atoms with Gasteiger partial charge in [-0.15, -0.1) is 0 Å². The third-order valence-corrected chi connectivity index (χ3v) is 3.02. The zero-order valence-corrected chi connectivity index (χ0v) is 9.43. The molecule has 16 heavy (non-hydrogen) atoms. The topological polar surface area (TPSA) is 41.1 Å². The predicted molar refractivity (Wildman–Crippen MR) is 60.7 cm³/mol. The van der Waals surface area contributed by atoms with Gasteiger partial charge in [0.1, 0.15) is 5.82 Å². The molecule has 1 fully saturated rings. The van der Waals surface area contributed by atoms with E-state index >= 15 is 0 Å². The highest BCUT2D eigenvalue weighted by molar-refractivity contribution is 5.96. The van der Waals surface area contributed by atoms with E-state index in [1.165, 1.54) is 12.1 Å². The van der Waals surface area contributed by atoms with Gasteiger partial charge in [-0.25, -0.2) is 4.39 Å². The first-order valence-electron chi connectivity index (χ1n) is 5.30. The van der Waals surface area contributed by atoms with E-state index in [0.29, 0.717) is 18.8 Å². The lowest BCUT2D eigenvalue weighted by Gasteiger charge is -2.37. The normalized spacial score (nSPS) is 17.7. The summed E-state index contributed by atoms with van der Waals surface area (Å²) >= 11 is 0. The molecule has 1 heterocycles. The fraction of sp³-hybridized carbons (Fsp3) is 0.417. The molecule has 0 bridgehead atoms. The number of hydrogen-bond donors (Lipinski definition) is 2. The lowest BCUT2D eigenvalue weighted by atomic mass is 9.83. The molecule has 3 nitrogen and oxygen atoms in total. The fourth-order valence-corrected chi connectivity index (χ4v) is 1.70. The van der Waals surface area contributed by atoms with Crippen LogP contribution in [0.25, 0.3) is 0 Å². The van der Waals surface area contributed by atoms with Crippen molar-refractivity contribution in [1.82, 2.24) is 5.32 Å². The van der Waals surface area contributed by atoms with Gasteiger partial charge in [0.2, 0.25) is 5.91 Å². The molecule has 0 aliphatic carbocycles. The molecule has 4 heteroatoms. The molecule has 1 aromatic rings. The van der Waals surface area contributed by atoms with Crippen LogP contribution in [0.1, 0.15) is 12.5 Å². The van der Waals surface area contributed by atoms with Gasteiger partial charge in [0.15, 0.2) is 0 Å². The van der Waals surface area contributed by atoms with Gasteiger partial charge in [0, 0.05) is 18.8 Å². The second-order valence-corrected chi connectivity index (χ2v) is 4.58. The minimum absolute atomic E-state index is 0.0130. The molecule has 2 rings (SSSR count). The van der Waals surface area contributed by atoms with Crippen LogP contribution in [0.4, 0.5) is 10.1 Å². The van der Waals surface area contributed by atoms with Gasteiger partial charge < -0.3 is 10.6 Å². The Morgan fingerprint density at radius 1 is 1.50 bits per heavy atom. The number of rotatable bonds is 2. The van der Waals surface area contributed by atoms with Crippen molar-refractivity contribution in [3.63, 3.8) is 0 Å². The molecule has 0 spiro atoms. The Hall–Kier alpha value is -1.42. The van der Waals surface area contributed by atoms with Crippen LogP contribution in [0.3, 0.4) is 0 Å². The molecule has 0 unspecified atom stereocenters. The average Bonchev–Trinajstić information content (AvgIpc) is 2.18. The molecule has 86 valence electrons. The smallest absolute Gasteiger partial charge is 0.232 e. The van der Waals surface area contributed by atoms with Gasteiger partial charge >= 0.3 is 0 Å². The van der Waals surface area contributed by atoms with Crippen molar-refractivity contribution >= 4 is 11.6 Å². The minimum atomic E-state index is -0.333. The number of carbonyl (C=O) groups is 1. The number of anilines is 1. The fourth-order valence-electron chi connectivity index (χ4n) is 1.70. The van der Waals surface area contributed by atoms with Crippen LogP contribution < -0.4 is 10.6 Å². The zero-order chi connectivity index (χ0) is 11.8. The van der Waals surface area contributed by atoms with Gasteiger partial charge in [-0.05, 0) is 37.6 Å². The van der Waals surface area contributed by atoms with Gasteiger partial charge in [-0.3, -0.25) is 4.79 Å².